The van der Waals surface area contributed by atoms with Crippen LogP contribution in [0.1, 0.15) is 11.1 Å². The van der Waals surface area contributed by atoms with Crippen molar-refractivity contribution in [3.05, 3.63) is 46.7 Å². The molecule has 0 bridgehead atoms. The number of aromatic hydroxyl groups is 1. The SMILES string of the molecule is Cc1cnc(Cl)c(C#N)c1-c1cccc(O)c1. The van der Waals surface area contributed by atoms with E-state index in [4.69, 9.17) is 16.9 Å². The predicted octanol–water partition coefficient (Wildman–Crippen LogP) is 3.29. The van der Waals surface area contributed by atoms with E-state index in [-0.39, 0.29) is 10.9 Å². The molecule has 1 heterocycles. The molecular weight excluding hydrogens is 236 g/mol. The Kier molecular flexibility index (Phi) is 2.99. The first-order valence-corrected chi connectivity index (χ1v) is 5.36. The van der Waals surface area contributed by atoms with Gasteiger partial charge in [-0.15, -0.1) is 0 Å². The Bertz CT molecular complexity index is 617. The van der Waals surface area contributed by atoms with E-state index in [1.54, 1.807) is 24.4 Å². The van der Waals surface area contributed by atoms with Crippen molar-refractivity contribution < 1.29 is 5.11 Å². The molecule has 1 N–H and O–H groups in total. The molecule has 84 valence electrons. The van der Waals surface area contributed by atoms with Gasteiger partial charge in [0.2, 0.25) is 0 Å². The molecule has 0 unspecified atom stereocenters. The molecule has 0 saturated heterocycles. The van der Waals surface area contributed by atoms with Crippen LogP contribution in [-0.2, 0) is 0 Å². The standard InChI is InChI=1S/C13H9ClN2O/c1-8-7-16-13(14)11(6-15)12(8)9-3-2-4-10(17)5-9/h2-5,7,17H,1H3. The van der Waals surface area contributed by atoms with Gasteiger partial charge in [-0.05, 0) is 30.2 Å². The maximum atomic E-state index is 9.47. The zero-order chi connectivity index (χ0) is 12.4. The first-order chi connectivity index (χ1) is 8.13. The number of benzene rings is 1. The zero-order valence-electron chi connectivity index (χ0n) is 9.11. The lowest BCUT2D eigenvalue weighted by Crippen LogP contribution is -1.92. The van der Waals surface area contributed by atoms with Gasteiger partial charge in [-0.2, -0.15) is 5.26 Å². The van der Waals surface area contributed by atoms with E-state index in [2.05, 4.69) is 4.98 Å². The van der Waals surface area contributed by atoms with Crippen LogP contribution < -0.4 is 0 Å². The molecule has 3 nitrogen and oxygen atoms in total. The van der Waals surface area contributed by atoms with Crippen molar-refractivity contribution in [2.24, 2.45) is 0 Å². The summed E-state index contributed by atoms with van der Waals surface area (Å²) < 4.78 is 0. The third-order valence-corrected chi connectivity index (χ3v) is 2.76. The Morgan fingerprint density at radius 3 is 2.82 bits per heavy atom. The molecule has 0 amide bonds. The molecule has 0 fully saturated rings. The second kappa shape index (κ2) is 4.44. The third kappa shape index (κ3) is 2.08. The number of halogens is 1. The van der Waals surface area contributed by atoms with Gasteiger partial charge < -0.3 is 5.11 Å². The lowest BCUT2D eigenvalue weighted by Gasteiger charge is -2.09. The van der Waals surface area contributed by atoms with E-state index in [1.807, 2.05) is 19.1 Å². The van der Waals surface area contributed by atoms with Gasteiger partial charge in [0.15, 0.2) is 0 Å². The number of hydrogen-bond donors (Lipinski definition) is 1. The van der Waals surface area contributed by atoms with Gasteiger partial charge in [0.05, 0.1) is 5.56 Å². The number of rotatable bonds is 1. The van der Waals surface area contributed by atoms with Crippen LogP contribution in [0.25, 0.3) is 11.1 Å². The van der Waals surface area contributed by atoms with Crippen molar-refractivity contribution in [1.82, 2.24) is 4.98 Å². The minimum atomic E-state index is 0.152. The van der Waals surface area contributed by atoms with Gasteiger partial charge in [-0.3, -0.25) is 0 Å². The van der Waals surface area contributed by atoms with Crippen molar-refractivity contribution in [1.29, 1.82) is 5.26 Å². The molecule has 2 rings (SSSR count). The Balaban J connectivity index is 2.75. The molecule has 0 aliphatic heterocycles. The molecule has 0 aliphatic carbocycles. The lowest BCUT2D eigenvalue weighted by atomic mass is 9.98. The normalized spacial score (nSPS) is 9.94. The van der Waals surface area contributed by atoms with E-state index >= 15 is 0 Å². The molecule has 0 atom stereocenters. The van der Waals surface area contributed by atoms with Gasteiger partial charge in [-0.1, -0.05) is 23.7 Å². The number of nitrogens with zero attached hydrogens (tertiary/aromatic N) is 2. The van der Waals surface area contributed by atoms with Crippen molar-refractivity contribution >= 4 is 11.6 Å². The zero-order valence-corrected chi connectivity index (χ0v) is 9.86. The summed E-state index contributed by atoms with van der Waals surface area (Å²) in [5.74, 6) is 0.152. The van der Waals surface area contributed by atoms with E-state index in [1.165, 1.54) is 0 Å². The van der Waals surface area contributed by atoms with Crippen molar-refractivity contribution in [2.75, 3.05) is 0 Å². The minimum Gasteiger partial charge on any atom is -0.508 e. The summed E-state index contributed by atoms with van der Waals surface area (Å²) in [6.45, 7) is 1.85. The third-order valence-electron chi connectivity index (χ3n) is 2.47. The van der Waals surface area contributed by atoms with Crippen LogP contribution in [0.15, 0.2) is 30.5 Å². The highest BCUT2D eigenvalue weighted by molar-refractivity contribution is 6.31. The van der Waals surface area contributed by atoms with E-state index in [0.29, 0.717) is 11.1 Å². The maximum absolute atomic E-state index is 9.47. The molecular formula is C13H9ClN2O. The van der Waals surface area contributed by atoms with Crippen LogP contribution in [0.2, 0.25) is 5.15 Å². The average Bonchev–Trinajstić information content (AvgIpc) is 2.31. The first-order valence-electron chi connectivity index (χ1n) is 4.98. The summed E-state index contributed by atoms with van der Waals surface area (Å²) in [6.07, 6.45) is 1.61. The van der Waals surface area contributed by atoms with Crippen LogP contribution in [-0.4, -0.2) is 10.1 Å². The van der Waals surface area contributed by atoms with Gasteiger partial charge in [0.25, 0.3) is 0 Å². The van der Waals surface area contributed by atoms with E-state index < -0.39 is 0 Å². The number of phenolic OH excluding ortho intramolecular Hbond substituents is 1. The van der Waals surface area contributed by atoms with Gasteiger partial charge in [-0.25, -0.2) is 4.98 Å². The molecule has 1 aromatic carbocycles. The van der Waals surface area contributed by atoms with Gasteiger partial charge in [0, 0.05) is 11.8 Å². The topological polar surface area (TPSA) is 56.9 Å². The van der Waals surface area contributed by atoms with E-state index in [0.717, 1.165) is 11.1 Å². The van der Waals surface area contributed by atoms with Crippen molar-refractivity contribution in [2.45, 2.75) is 6.92 Å². The first kappa shape index (κ1) is 11.4. The molecule has 1 aromatic heterocycles. The number of nitriles is 1. The van der Waals surface area contributed by atoms with E-state index in [9.17, 15) is 5.11 Å². The highest BCUT2D eigenvalue weighted by Crippen LogP contribution is 2.31. The molecule has 0 spiro atoms. The predicted molar refractivity (Wildman–Crippen MR) is 65.8 cm³/mol. The summed E-state index contributed by atoms with van der Waals surface area (Å²) >= 11 is 5.90. The largest absolute Gasteiger partial charge is 0.508 e. The van der Waals surface area contributed by atoms with Gasteiger partial charge in [0.1, 0.15) is 17.0 Å². The van der Waals surface area contributed by atoms with Crippen LogP contribution in [0.4, 0.5) is 0 Å². The monoisotopic (exact) mass is 244 g/mol. The second-order valence-corrected chi connectivity index (χ2v) is 4.00. The fraction of sp³-hybridized carbons (Fsp3) is 0.0769. The molecule has 0 radical (unpaired) electrons. The summed E-state index contributed by atoms with van der Waals surface area (Å²) in [4.78, 5) is 3.94. The quantitative estimate of drug-likeness (QED) is 0.783. The van der Waals surface area contributed by atoms with Crippen LogP contribution in [0.5, 0.6) is 5.75 Å². The Hall–Kier alpha value is -2.05. The van der Waals surface area contributed by atoms with Crippen molar-refractivity contribution in [3.63, 3.8) is 0 Å². The highest BCUT2D eigenvalue weighted by atomic mass is 35.5. The molecule has 4 heteroatoms. The summed E-state index contributed by atoms with van der Waals surface area (Å²) in [5, 5.41) is 18.8. The number of hydrogen-bond acceptors (Lipinski definition) is 3. The summed E-state index contributed by atoms with van der Waals surface area (Å²) in [6, 6.07) is 8.76. The number of phenols is 1. The molecule has 2 aromatic rings. The number of pyridine rings is 1. The van der Waals surface area contributed by atoms with Crippen LogP contribution >= 0.6 is 11.6 Å². The summed E-state index contributed by atoms with van der Waals surface area (Å²) in [7, 11) is 0. The van der Waals surface area contributed by atoms with Crippen LogP contribution in [0.3, 0.4) is 0 Å². The lowest BCUT2D eigenvalue weighted by molar-refractivity contribution is 0.475. The molecule has 0 aliphatic rings. The molecule has 0 saturated carbocycles. The Labute approximate surface area is 104 Å². The van der Waals surface area contributed by atoms with Gasteiger partial charge >= 0.3 is 0 Å². The van der Waals surface area contributed by atoms with Crippen molar-refractivity contribution in [3.8, 4) is 22.9 Å². The minimum absolute atomic E-state index is 0.152. The Morgan fingerprint density at radius 2 is 2.18 bits per heavy atom. The fourth-order valence-corrected chi connectivity index (χ4v) is 1.90. The fourth-order valence-electron chi connectivity index (χ4n) is 1.72. The average molecular weight is 245 g/mol. The number of aromatic nitrogens is 1. The Morgan fingerprint density at radius 1 is 1.41 bits per heavy atom. The van der Waals surface area contributed by atoms with Crippen LogP contribution in [0, 0.1) is 18.3 Å². The smallest absolute Gasteiger partial charge is 0.147 e. The maximum Gasteiger partial charge on any atom is 0.147 e. The molecule has 17 heavy (non-hydrogen) atoms. The highest BCUT2D eigenvalue weighted by Gasteiger charge is 2.13. The second-order valence-electron chi connectivity index (χ2n) is 3.64. The summed E-state index contributed by atoms with van der Waals surface area (Å²) in [5.41, 5.74) is 2.64. The number of aryl methyl sites for hydroxylation is 1.